The maximum Gasteiger partial charge on any atom is 0.173 e. The molecule has 0 saturated heterocycles. The summed E-state index contributed by atoms with van der Waals surface area (Å²) in [5.41, 5.74) is 4.90. The van der Waals surface area contributed by atoms with Crippen LogP contribution in [0.2, 0.25) is 0 Å². The first-order valence-corrected chi connectivity index (χ1v) is 8.73. The van der Waals surface area contributed by atoms with E-state index >= 15 is 0 Å². The molecule has 0 atom stereocenters. The number of hydrogen-bond acceptors (Lipinski definition) is 3. The molecular weight excluding hydrogens is 321 g/mol. The van der Waals surface area contributed by atoms with Crippen LogP contribution in [0.25, 0.3) is 10.9 Å². The molecule has 0 spiro atoms. The van der Waals surface area contributed by atoms with Gasteiger partial charge in [-0.3, -0.25) is 4.79 Å². The number of rotatable bonds is 4. The third-order valence-electron chi connectivity index (χ3n) is 4.05. The summed E-state index contributed by atoms with van der Waals surface area (Å²) in [4.78, 5) is 17.0. The zero-order valence-corrected chi connectivity index (χ0v) is 14.7. The van der Waals surface area contributed by atoms with Gasteiger partial charge in [0.2, 0.25) is 0 Å². The van der Waals surface area contributed by atoms with E-state index in [0.29, 0.717) is 5.56 Å². The number of Topliss-reactive ketones (excluding diaryl/α,β-unsaturated/α-hetero) is 1. The van der Waals surface area contributed by atoms with E-state index in [4.69, 9.17) is 4.98 Å². The first-order valence-electron chi connectivity index (χ1n) is 7.75. The lowest BCUT2D eigenvalue weighted by Gasteiger charge is -2.10. The monoisotopic (exact) mass is 339 g/mol. The van der Waals surface area contributed by atoms with Crippen molar-refractivity contribution in [3.63, 3.8) is 0 Å². The number of ketones is 1. The molecule has 2 nitrogen and oxygen atoms in total. The Bertz CT molecular complexity index is 919. The van der Waals surface area contributed by atoms with Crippen LogP contribution in [-0.4, -0.2) is 16.5 Å². The zero-order valence-electron chi connectivity index (χ0n) is 13.9. The molecule has 24 heavy (non-hydrogen) atoms. The van der Waals surface area contributed by atoms with Gasteiger partial charge in [-0.15, -0.1) is 0 Å². The zero-order chi connectivity index (χ0) is 17.3. The van der Waals surface area contributed by atoms with Crippen molar-refractivity contribution in [1.29, 1.82) is 0 Å². The topological polar surface area (TPSA) is 30.0 Å². The fourth-order valence-corrected chi connectivity index (χ4v) is 3.49. The molecule has 3 aromatic rings. The van der Waals surface area contributed by atoms with Crippen molar-refractivity contribution >= 4 is 28.4 Å². The third-order valence-corrected chi connectivity index (χ3v) is 5.15. The van der Waals surface area contributed by atoms with E-state index in [1.54, 1.807) is 0 Å². The number of thioether (sulfide) groups is 1. The van der Waals surface area contributed by atoms with Crippen LogP contribution in [0, 0.1) is 26.6 Å². The minimum Gasteiger partial charge on any atom is -0.293 e. The minimum absolute atomic E-state index is 0.0257. The lowest BCUT2D eigenvalue weighted by atomic mass is 10.0. The average molecular weight is 339 g/mol. The standard InChI is InChI=1S/C20H18FNOS/c1-12-4-5-13(2)19-17(12)10-14(3)20(22-19)24-11-18(23)15-6-8-16(21)9-7-15/h4-10H,11H2,1-3H3. The second kappa shape index (κ2) is 6.73. The lowest BCUT2D eigenvalue weighted by molar-refractivity contribution is 0.102. The van der Waals surface area contributed by atoms with Crippen molar-refractivity contribution in [3.05, 3.63) is 70.5 Å². The van der Waals surface area contributed by atoms with Gasteiger partial charge in [-0.2, -0.15) is 0 Å². The van der Waals surface area contributed by atoms with E-state index in [0.717, 1.165) is 27.1 Å². The van der Waals surface area contributed by atoms with Crippen molar-refractivity contribution in [2.75, 3.05) is 5.75 Å². The Morgan fingerprint density at radius 3 is 2.38 bits per heavy atom. The summed E-state index contributed by atoms with van der Waals surface area (Å²) in [7, 11) is 0. The SMILES string of the molecule is Cc1cc2c(C)ccc(C)c2nc1SCC(=O)c1ccc(F)cc1. The second-order valence-electron chi connectivity index (χ2n) is 5.92. The molecule has 1 aromatic heterocycles. The molecular formula is C20H18FNOS. The highest BCUT2D eigenvalue weighted by molar-refractivity contribution is 8.00. The van der Waals surface area contributed by atoms with Crippen molar-refractivity contribution in [3.8, 4) is 0 Å². The van der Waals surface area contributed by atoms with E-state index in [2.05, 4.69) is 25.1 Å². The molecule has 0 bridgehead atoms. The molecule has 0 aliphatic carbocycles. The molecule has 0 saturated carbocycles. The van der Waals surface area contributed by atoms with E-state index < -0.39 is 0 Å². The Kier molecular flexibility index (Phi) is 4.67. The van der Waals surface area contributed by atoms with E-state index in [1.165, 1.54) is 41.6 Å². The molecule has 0 aliphatic heterocycles. The number of halogens is 1. The number of hydrogen-bond donors (Lipinski definition) is 0. The van der Waals surface area contributed by atoms with E-state index in [9.17, 15) is 9.18 Å². The molecule has 0 radical (unpaired) electrons. The summed E-state index contributed by atoms with van der Waals surface area (Å²) in [6, 6.07) is 12.0. The fraction of sp³-hybridized carbons (Fsp3) is 0.200. The van der Waals surface area contributed by atoms with Crippen LogP contribution in [-0.2, 0) is 0 Å². The quantitative estimate of drug-likeness (QED) is 0.479. The average Bonchev–Trinajstić information content (AvgIpc) is 2.57. The minimum atomic E-state index is -0.336. The molecule has 122 valence electrons. The van der Waals surface area contributed by atoms with Crippen molar-refractivity contribution in [2.45, 2.75) is 25.8 Å². The van der Waals surface area contributed by atoms with Gasteiger partial charge < -0.3 is 0 Å². The predicted octanol–water partition coefficient (Wildman–Crippen LogP) is 5.27. The van der Waals surface area contributed by atoms with Crippen LogP contribution >= 0.6 is 11.8 Å². The first kappa shape index (κ1) is 16.7. The fourth-order valence-electron chi connectivity index (χ4n) is 2.62. The number of benzene rings is 2. The lowest BCUT2D eigenvalue weighted by Crippen LogP contribution is -2.03. The van der Waals surface area contributed by atoms with Crippen LogP contribution in [0.3, 0.4) is 0 Å². The Morgan fingerprint density at radius 1 is 1.00 bits per heavy atom. The van der Waals surface area contributed by atoms with Gasteiger partial charge in [-0.05, 0) is 67.8 Å². The van der Waals surface area contributed by atoms with Gasteiger partial charge in [-0.25, -0.2) is 9.37 Å². The molecule has 1 heterocycles. The van der Waals surface area contributed by atoms with Gasteiger partial charge in [0.25, 0.3) is 0 Å². The largest absolute Gasteiger partial charge is 0.293 e. The summed E-state index contributed by atoms with van der Waals surface area (Å²) >= 11 is 1.43. The van der Waals surface area contributed by atoms with Crippen LogP contribution in [0.4, 0.5) is 4.39 Å². The van der Waals surface area contributed by atoms with Gasteiger partial charge >= 0.3 is 0 Å². The number of carbonyl (C=O) groups excluding carboxylic acids is 1. The summed E-state index contributed by atoms with van der Waals surface area (Å²) in [6.07, 6.45) is 0. The summed E-state index contributed by atoms with van der Waals surface area (Å²) in [5, 5.41) is 2.02. The van der Waals surface area contributed by atoms with E-state index in [1.807, 2.05) is 13.8 Å². The normalized spacial score (nSPS) is 11.0. The Labute approximate surface area is 145 Å². The number of carbonyl (C=O) groups is 1. The molecule has 4 heteroatoms. The van der Waals surface area contributed by atoms with Crippen molar-refractivity contribution in [1.82, 2.24) is 4.98 Å². The number of fused-ring (bicyclic) bond motifs is 1. The van der Waals surface area contributed by atoms with Crippen LogP contribution in [0.5, 0.6) is 0 Å². The summed E-state index contributed by atoms with van der Waals surface area (Å²) < 4.78 is 12.9. The van der Waals surface area contributed by atoms with Gasteiger partial charge in [0.05, 0.1) is 11.3 Å². The summed E-state index contributed by atoms with van der Waals surface area (Å²) in [6.45, 7) is 6.13. The molecule has 0 unspecified atom stereocenters. The molecule has 0 amide bonds. The van der Waals surface area contributed by atoms with Gasteiger partial charge in [0.15, 0.2) is 5.78 Å². The maximum atomic E-state index is 12.9. The highest BCUT2D eigenvalue weighted by Crippen LogP contribution is 2.28. The van der Waals surface area contributed by atoms with Crippen LogP contribution in [0.1, 0.15) is 27.0 Å². The molecule has 2 aromatic carbocycles. The Hall–Kier alpha value is -2.20. The number of aromatic nitrogens is 1. The second-order valence-corrected chi connectivity index (χ2v) is 6.89. The first-order chi connectivity index (χ1) is 11.5. The predicted molar refractivity (Wildman–Crippen MR) is 97.4 cm³/mol. The Balaban J connectivity index is 1.85. The van der Waals surface area contributed by atoms with Gasteiger partial charge in [0, 0.05) is 10.9 Å². The molecule has 0 N–H and O–H groups in total. The highest BCUT2D eigenvalue weighted by atomic mass is 32.2. The van der Waals surface area contributed by atoms with Gasteiger partial charge in [0.1, 0.15) is 10.8 Å². The van der Waals surface area contributed by atoms with Crippen molar-refractivity contribution < 1.29 is 9.18 Å². The smallest absolute Gasteiger partial charge is 0.173 e. The summed E-state index contributed by atoms with van der Waals surface area (Å²) in [5.74, 6) is -0.0742. The van der Waals surface area contributed by atoms with E-state index in [-0.39, 0.29) is 17.4 Å². The molecule has 0 aliphatic rings. The molecule has 0 fully saturated rings. The van der Waals surface area contributed by atoms with Crippen LogP contribution < -0.4 is 0 Å². The number of pyridine rings is 1. The number of aryl methyl sites for hydroxylation is 3. The molecule has 3 rings (SSSR count). The number of nitrogens with zero attached hydrogens (tertiary/aromatic N) is 1. The van der Waals surface area contributed by atoms with Crippen molar-refractivity contribution in [2.24, 2.45) is 0 Å². The Morgan fingerprint density at radius 2 is 1.67 bits per heavy atom. The maximum absolute atomic E-state index is 12.9. The highest BCUT2D eigenvalue weighted by Gasteiger charge is 2.11. The third kappa shape index (κ3) is 3.34. The van der Waals surface area contributed by atoms with Crippen LogP contribution in [0.15, 0.2) is 47.5 Å². The van der Waals surface area contributed by atoms with Gasteiger partial charge in [-0.1, -0.05) is 23.9 Å².